The van der Waals surface area contributed by atoms with Crippen molar-refractivity contribution in [2.45, 2.75) is 19.8 Å². The van der Waals surface area contributed by atoms with Crippen molar-refractivity contribution in [3.8, 4) is 10.6 Å². The lowest BCUT2D eigenvalue weighted by Crippen LogP contribution is -2.50. The number of nitrogens with zero attached hydrogens (tertiary/aromatic N) is 4. The molecule has 0 unspecified atom stereocenters. The van der Waals surface area contributed by atoms with Gasteiger partial charge in [-0.2, -0.15) is 0 Å². The summed E-state index contributed by atoms with van der Waals surface area (Å²) in [5.74, 6) is 0.104. The van der Waals surface area contributed by atoms with Gasteiger partial charge in [0.1, 0.15) is 5.01 Å². The molecule has 138 valence electrons. The van der Waals surface area contributed by atoms with Gasteiger partial charge in [-0.1, -0.05) is 0 Å². The molecule has 1 aliphatic heterocycles. The molecule has 26 heavy (non-hydrogen) atoms. The van der Waals surface area contributed by atoms with Crippen LogP contribution in [0.4, 0.5) is 4.79 Å². The van der Waals surface area contributed by atoms with Gasteiger partial charge in [-0.3, -0.25) is 9.78 Å². The van der Waals surface area contributed by atoms with Crippen molar-refractivity contribution >= 4 is 23.3 Å². The van der Waals surface area contributed by atoms with Crippen LogP contribution < -0.4 is 0 Å². The molecule has 0 atom stereocenters. The summed E-state index contributed by atoms with van der Waals surface area (Å²) in [6, 6.07) is 3.85. The molecule has 0 radical (unpaired) electrons. The summed E-state index contributed by atoms with van der Waals surface area (Å²) < 4.78 is 4.99. The quantitative estimate of drug-likeness (QED) is 0.803. The maximum Gasteiger partial charge on any atom is 0.409 e. The first-order chi connectivity index (χ1) is 12.7. The molecule has 0 bridgehead atoms. The van der Waals surface area contributed by atoms with Crippen LogP contribution >= 0.6 is 11.3 Å². The van der Waals surface area contributed by atoms with Crippen LogP contribution in [-0.2, 0) is 16.0 Å². The lowest BCUT2D eigenvalue weighted by atomic mass is 10.2. The van der Waals surface area contributed by atoms with Crippen LogP contribution in [-0.4, -0.2) is 64.6 Å². The number of ether oxygens (including phenoxy) is 1. The molecule has 8 heteroatoms. The number of carbonyl (C=O) groups excluding carboxylic acids is 2. The lowest BCUT2D eigenvalue weighted by molar-refractivity contribution is -0.132. The average molecular weight is 374 g/mol. The summed E-state index contributed by atoms with van der Waals surface area (Å²) in [4.78, 5) is 36.2. The molecule has 3 heterocycles. The summed E-state index contributed by atoms with van der Waals surface area (Å²) >= 11 is 1.58. The highest BCUT2D eigenvalue weighted by atomic mass is 32.1. The van der Waals surface area contributed by atoms with Gasteiger partial charge in [-0.15, -0.1) is 11.3 Å². The van der Waals surface area contributed by atoms with E-state index in [2.05, 4.69) is 9.97 Å². The van der Waals surface area contributed by atoms with Gasteiger partial charge in [0.05, 0.1) is 12.3 Å². The molecule has 0 spiro atoms. The van der Waals surface area contributed by atoms with Gasteiger partial charge in [0.15, 0.2) is 0 Å². The van der Waals surface area contributed by atoms with E-state index in [1.54, 1.807) is 35.6 Å². The second-order valence-corrected chi connectivity index (χ2v) is 6.80. The highest BCUT2D eigenvalue weighted by Gasteiger charge is 2.24. The van der Waals surface area contributed by atoms with Crippen LogP contribution in [0.3, 0.4) is 0 Å². The molecule has 2 aromatic rings. The molecule has 2 aromatic heterocycles. The second kappa shape index (κ2) is 8.75. The lowest BCUT2D eigenvalue weighted by Gasteiger charge is -2.34. The molecule has 0 aromatic carbocycles. The van der Waals surface area contributed by atoms with Gasteiger partial charge in [-0.25, -0.2) is 9.78 Å². The zero-order valence-corrected chi connectivity index (χ0v) is 15.6. The van der Waals surface area contributed by atoms with E-state index in [9.17, 15) is 9.59 Å². The standard InChI is InChI=1S/C18H22N4O3S/c1-2-25-18(24)22-11-9-21(10-12-22)16(23)4-3-15-13-26-17(20-15)14-5-7-19-8-6-14/h5-8,13H,2-4,9-12H2,1H3. The predicted octanol–water partition coefficient (Wildman–Crippen LogP) is 2.44. The largest absolute Gasteiger partial charge is 0.450 e. The molecule has 1 saturated heterocycles. The van der Waals surface area contributed by atoms with Crippen LogP contribution in [0.2, 0.25) is 0 Å². The van der Waals surface area contributed by atoms with Crippen LogP contribution in [0.25, 0.3) is 10.6 Å². The maximum atomic E-state index is 12.4. The second-order valence-electron chi connectivity index (χ2n) is 5.95. The van der Waals surface area contributed by atoms with Crippen LogP contribution in [0, 0.1) is 0 Å². The Morgan fingerprint density at radius 1 is 1.15 bits per heavy atom. The minimum absolute atomic E-state index is 0.104. The molecule has 0 aliphatic carbocycles. The van der Waals surface area contributed by atoms with Gasteiger partial charge < -0.3 is 14.5 Å². The van der Waals surface area contributed by atoms with Gasteiger partial charge in [-0.05, 0) is 25.5 Å². The molecule has 0 N–H and O–H groups in total. The first-order valence-electron chi connectivity index (χ1n) is 8.71. The highest BCUT2D eigenvalue weighted by molar-refractivity contribution is 7.13. The third-order valence-electron chi connectivity index (χ3n) is 4.23. The molecule has 7 nitrogen and oxygen atoms in total. The molecule has 3 rings (SSSR count). The monoisotopic (exact) mass is 374 g/mol. The smallest absolute Gasteiger partial charge is 0.409 e. The fourth-order valence-corrected chi connectivity index (χ4v) is 3.66. The third kappa shape index (κ3) is 4.57. The van der Waals surface area contributed by atoms with E-state index in [-0.39, 0.29) is 12.0 Å². The number of amides is 2. The Hall–Kier alpha value is -2.48. The molecule has 1 fully saturated rings. The van der Waals surface area contributed by atoms with E-state index in [1.165, 1.54) is 0 Å². The Bertz CT molecular complexity index is 742. The normalized spacial score (nSPS) is 14.3. The fourth-order valence-electron chi connectivity index (χ4n) is 2.80. The topological polar surface area (TPSA) is 75.6 Å². The van der Waals surface area contributed by atoms with Crippen molar-refractivity contribution in [1.82, 2.24) is 19.8 Å². The molecular formula is C18H22N4O3S. The molecule has 2 amide bonds. The highest BCUT2D eigenvalue weighted by Crippen LogP contribution is 2.23. The number of aryl methyl sites for hydroxylation is 1. The number of carbonyl (C=O) groups is 2. The average Bonchev–Trinajstić information content (AvgIpc) is 3.16. The minimum atomic E-state index is -0.300. The summed E-state index contributed by atoms with van der Waals surface area (Å²) in [6.07, 6.45) is 4.24. The summed E-state index contributed by atoms with van der Waals surface area (Å²) in [7, 11) is 0. The minimum Gasteiger partial charge on any atom is -0.450 e. The van der Waals surface area contributed by atoms with Gasteiger partial charge in [0.2, 0.25) is 5.91 Å². The molecule has 0 saturated carbocycles. The number of rotatable bonds is 5. The summed E-state index contributed by atoms with van der Waals surface area (Å²) in [5, 5.41) is 2.94. The fraction of sp³-hybridized carbons (Fsp3) is 0.444. The maximum absolute atomic E-state index is 12.4. The van der Waals surface area contributed by atoms with Crippen molar-refractivity contribution in [3.63, 3.8) is 0 Å². The van der Waals surface area contributed by atoms with E-state index in [0.717, 1.165) is 16.3 Å². The number of hydrogen-bond donors (Lipinski definition) is 0. The number of aromatic nitrogens is 2. The van der Waals surface area contributed by atoms with Crippen LogP contribution in [0.15, 0.2) is 29.9 Å². The molecular weight excluding hydrogens is 352 g/mol. The van der Waals surface area contributed by atoms with Crippen molar-refractivity contribution < 1.29 is 14.3 Å². The first kappa shape index (κ1) is 18.3. The van der Waals surface area contributed by atoms with Crippen molar-refractivity contribution in [3.05, 3.63) is 35.6 Å². The van der Waals surface area contributed by atoms with E-state index in [4.69, 9.17) is 4.74 Å². The van der Waals surface area contributed by atoms with Crippen LogP contribution in [0.1, 0.15) is 19.0 Å². The first-order valence-corrected chi connectivity index (χ1v) is 9.59. The zero-order valence-electron chi connectivity index (χ0n) is 14.8. The van der Waals surface area contributed by atoms with Crippen molar-refractivity contribution in [2.24, 2.45) is 0 Å². The van der Waals surface area contributed by atoms with E-state index in [0.29, 0.717) is 45.6 Å². The number of hydrogen-bond acceptors (Lipinski definition) is 6. The Kier molecular flexibility index (Phi) is 6.17. The van der Waals surface area contributed by atoms with Gasteiger partial charge in [0, 0.05) is 55.9 Å². The number of thiazole rings is 1. The Morgan fingerprint density at radius 3 is 2.54 bits per heavy atom. The third-order valence-corrected chi connectivity index (χ3v) is 5.17. The van der Waals surface area contributed by atoms with E-state index < -0.39 is 0 Å². The number of piperazine rings is 1. The van der Waals surface area contributed by atoms with Crippen LogP contribution in [0.5, 0.6) is 0 Å². The number of pyridine rings is 1. The Morgan fingerprint density at radius 2 is 1.85 bits per heavy atom. The van der Waals surface area contributed by atoms with Crippen molar-refractivity contribution in [1.29, 1.82) is 0 Å². The predicted molar refractivity (Wildman–Crippen MR) is 98.8 cm³/mol. The van der Waals surface area contributed by atoms with E-state index >= 15 is 0 Å². The van der Waals surface area contributed by atoms with Gasteiger partial charge >= 0.3 is 6.09 Å². The molecule has 1 aliphatic rings. The van der Waals surface area contributed by atoms with Crippen molar-refractivity contribution in [2.75, 3.05) is 32.8 Å². The summed E-state index contributed by atoms with van der Waals surface area (Å²) in [6.45, 7) is 4.30. The Labute approximate surface area is 156 Å². The zero-order chi connectivity index (χ0) is 18.4. The van der Waals surface area contributed by atoms with Gasteiger partial charge in [0.25, 0.3) is 0 Å². The SMILES string of the molecule is CCOC(=O)N1CCN(C(=O)CCc2csc(-c3ccncc3)n2)CC1. The van der Waals surface area contributed by atoms with E-state index in [1.807, 2.05) is 22.4 Å². The Balaban J connectivity index is 1.46. The summed E-state index contributed by atoms with van der Waals surface area (Å²) in [5.41, 5.74) is 1.97.